The molecule has 0 heterocycles. The van der Waals surface area contributed by atoms with Crippen molar-refractivity contribution in [3.63, 3.8) is 0 Å². The maximum absolute atomic E-state index is 12.1. The van der Waals surface area contributed by atoms with Crippen LogP contribution in [-0.2, 0) is 16.4 Å². The first kappa shape index (κ1) is 16.3. The van der Waals surface area contributed by atoms with Crippen molar-refractivity contribution in [1.29, 1.82) is 0 Å². The molecule has 0 saturated carbocycles. The molecule has 2 rings (SSSR count). The first-order chi connectivity index (χ1) is 9.94. The smallest absolute Gasteiger partial charge is 0.180 e. The molecule has 0 atom stereocenters. The average Bonchev–Trinajstić information content (AvgIpc) is 2.46. The van der Waals surface area contributed by atoms with Gasteiger partial charge in [-0.05, 0) is 29.8 Å². The van der Waals surface area contributed by atoms with Crippen LogP contribution in [0.2, 0.25) is 5.02 Å². The number of para-hydroxylation sites is 1. The minimum absolute atomic E-state index is 0.0741. The van der Waals surface area contributed by atoms with Crippen LogP contribution in [0.25, 0.3) is 0 Å². The lowest BCUT2D eigenvalue weighted by Gasteiger charge is -2.12. The lowest BCUT2D eigenvalue weighted by atomic mass is 10.2. The van der Waals surface area contributed by atoms with Gasteiger partial charge >= 0.3 is 0 Å². The van der Waals surface area contributed by atoms with Gasteiger partial charge in [-0.2, -0.15) is 0 Å². The van der Waals surface area contributed by atoms with E-state index in [-0.39, 0.29) is 5.75 Å². The summed E-state index contributed by atoms with van der Waals surface area (Å²) in [5, 5.41) is 3.78. The average molecular weight is 389 g/mol. The standard InChI is InChI=1S/C15H15BrClNO2S/c1-2-21(19,20)15-6-4-3-5-14(15)18-10-11-7-8-12(16)9-13(11)17/h3-9,18H,2,10H2,1H3. The maximum atomic E-state index is 12.1. The molecular formula is C15H15BrClNO2S. The van der Waals surface area contributed by atoms with Crippen LogP contribution < -0.4 is 5.32 Å². The highest BCUT2D eigenvalue weighted by atomic mass is 79.9. The molecule has 0 aliphatic carbocycles. The number of halogens is 2. The van der Waals surface area contributed by atoms with E-state index in [1.165, 1.54) is 0 Å². The highest BCUT2D eigenvalue weighted by molar-refractivity contribution is 9.10. The van der Waals surface area contributed by atoms with Crippen molar-refractivity contribution in [1.82, 2.24) is 0 Å². The summed E-state index contributed by atoms with van der Waals surface area (Å²) in [6, 6.07) is 12.5. The predicted octanol–water partition coefficient (Wildman–Crippen LogP) is 4.51. The van der Waals surface area contributed by atoms with Crippen LogP contribution in [-0.4, -0.2) is 14.2 Å². The first-order valence-corrected chi connectivity index (χ1v) is 9.26. The highest BCUT2D eigenvalue weighted by Crippen LogP contribution is 2.25. The van der Waals surface area contributed by atoms with Crippen molar-refractivity contribution < 1.29 is 8.42 Å². The topological polar surface area (TPSA) is 46.2 Å². The van der Waals surface area contributed by atoms with Gasteiger partial charge < -0.3 is 5.32 Å². The number of nitrogens with one attached hydrogen (secondary N) is 1. The van der Waals surface area contributed by atoms with Crippen LogP contribution in [0, 0.1) is 0 Å². The van der Waals surface area contributed by atoms with E-state index in [4.69, 9.17) is 11.6 Å². The molecule has 21 heavy (non-hydrogen) atoms. The van der Waals surface area contributed by atoms with Crippen molar-refractivity contribution in [2.24, 2.45) is 0 Å². The number of rotatable bonds is 5. The van der Waals surface area contributed by atoms with Crippen LogP contribution in [0.1, 0.15) is 12.5 Å². The zero-order valence-electron chi connectivity index (χ0n) is 11.4. The van der Waals surface area contributed by atoms with Gasteiger partial charge in [0.2, 0.25) is 0 Å². The van der Waals surface area contributed by atoms with Gasteiger partial charge in [-0.25, -0.2) is 8.42 Å². The Morgan fingerprint density at radius 1 is 1.19 bits per heavy atom. The Bertz CT molecular complexity index is 747. The fraction of sp³-hybridized carbons (Fsp3) is 0.200. The van der Waals surface area contributed by atoms with Crippen LogP contribution >= 0.6 is 27.5 Å². The molecule has 0 saturated heterocycles. The summed E-state index contributed by atoms with van der Waals surface area (Å²) in [5.74, 6) is 0.0741. The van der Waals surface area contributed by atoms with Gasteiger partial charge in [0.1, 0.15) is 0 Å². The van der Waals surface area contributed by atoms with Gasteiger partial charge in [-0.15, -0.1) is 0 Å². The van der Waals surface area contributed by atoms with E-state index in [9.17, 15) is 8.42 Å². The molecule has 0 bridgehead atoms. The Hall–Kier alpha value is -1.04. The molecule has 0 unspecified atom stereocenters. The van der Waals surface area contributed by atoms with Gasteiger partial charge in [0.15, 0.2) is 9.84 Å². The minimum atomic E-state index is -3.25. The number of hydrogen-bond donors (Lipinski definition) is 1. The third-order valence-corrected chi connectivity index (χ3v) is 5.72. The van der Waals surface area contributed by atoms with E-state index in [1.54, 1.807) is 31.2 Å². The summed E-state index contributed by atoms with van der Waals surface area (Å²) < 4.78 is 25.1. The van der Waals surface area contributed by atoms with Gasteiger partial charge in [-0.3, -0.25) is 0 Å². The molecule has 0 aromatic heterocycles. The normalized spacial score (nSPS) is 11.4. The zero-order chi connectivity index (χ0) is 15.5. The molecule has 112 valence electrons. The van der Waals surface area contributed by atoms with E-state index >= 15 is 0 Å². The Kier molecular flexibility index (Phi) is 5.30. The third-order valence-electron chi connectivity index (χ3n) is 3.09. The Morgan fingerprint density at radius 2 is 1.90 bits per heavy atom. The summed E-state index contributed by atoms with van der Waals surface area (Å²) >= 11 is 9.52. The van der Waals surface area contributed by atoms with Gasteiger partial charge in [0.25, 0.3) is 0 Å². The summed E-state index contributed by atoms with van der Waals surface area (Å²) in [4.78, 5) is 0.320. The molecule has 0 spiro atoms. The number of anilines is 1. The van der Waals surface area contributed by atoms with E-state index in [0.717, 1.165) is 10.0 Å². The van der Waals surface area contributed by atoms with Crippen molar-refractivity contribution in [2.45, 2.75) is 18.4 Å². The molecule has 6 heteroatoms. The number of sulfone groups is 1. The van der Waals surface area contributed by atoms with E-state index in [2.05, 4.69) is 21.2 Å². The fourth-order valence-corrected chi connectivity index (χ4v) is 3.71. The summed E-state index contributed by atoms with van der Waals surface area (Å²) in [6.07, 6.45) is 0. The fourth-order valence-electron chi connectivity index (χ4n) is 1.89. The van der Waals surface area contributed by atoms with Crippen LogP contribution in [0.15, 0.2) is 51.8 Å². The molecule has 2 aromatic rings. The molecular weight excluding hydrogens is 374 g/mol. The second-order valence-electron chi connectivity index (χ2n) is 4.49. The lowest BCUT2D eigenvalue weighted by Crippen LogP contribution is -2.09. The van der Waals surface area contributed by atoms with E-state index in [0.29, 0.717) is 22.2 Å². The van der Waals surface area contributed by atoms with Crippen molar-refractivity contribution in [2.75, 3.05) is 11.1 Å². The van der Waals surface area contributed by atoms with Gasteiger partial charge in [0, 0.05) is 16.0 Å². The van der Waals surface area contributed by atoms with E-state index < -0.39 is 9.84 Å². The monoisotopic (exact) mass is 387 g/mol. The molecule has 0 aliphatic rings. The van der Waals surface area contributed by atoms with Crippen molar-refractivity contribution in [3.05, 3.63) is 57.5 Å². The minimum Gasteiger partial charge on any atom is -0.380 e. The Labute approximate surface area is 138 Å². The molecule has 0 radical (unpaired) electrons. The maximum Gasteiger partial charge on any atom is 0.180 e. The summed E-state index contributed by atoms with van der Waals surface area (Å²) in [6.45, 7) is 2.10. The zero-order valence-corrected chi connectivity index (χ0v) is 14.6. The van der Waals surface area contributed by atoms with E-state index in [1.807, 2.05) is 18.2 Å². The molecule has 0 fully saturated rings. The predicted molar refractivity (Wildman–Crippen MR) is 90.6 cm³/mol. The molecule has 3 nitrogen and oxygen atoms in total. The summed E-state index contributed by atoms with van der Waals surface area (Å²) in [5.41, 5.74) is 1.50. The molecule has 1 N–H and O–H groups in total. The quantitative estimate of drug-likeness (QED) is 0.820. The first-order valence-electron chi connectivity index (χ1n) is 6.43. The third kappa shape index (κ3) is 3.99. The molecule has 0 amide bonds. The van der Waals surface area contributed by atoms with Crippen LogP contribution in [0.5, 0.6) is 0 Å². The SMILES string of the molecule is CCS(=O)(=O)c1ccccc1NCc1ccc(Br)cc1Cl. The number of benzene rings is 2. The van der Waals surface area contributed by atoms with Gasteiger partial charge in [0.05, 0.1) is 16.3 Å². The van der Waals surface area contributed by atoms with Crippen molar-refractivity contribution >= 4 is 43.1 Å². The van der Waals surface area contributed by atoms with Crippen LogP contribution in [0.3, 0.4) is 0 Å². The largest absolute Gasteiger partial charge is 0.380 e. The summed E-state index contributed by atoms with van der Waals surface area (Å²) in [7, 11) is -3.25. The second-order valence-corrected chi connectivity index (χ2v) is 8.06. The van der Waals surface area contributed by atoms with Crippen molar-refractivity contribution in [3.8, 4) is 0 Å². The Balaban J connectivity index is 2.25. The molecule has 2 aromatic carbocycles. The highest BCUT2D eigenvalue weighted by Gasteiger charge is 2.15. The Morgan fingerprint density at radius 3 is 2.57 bits per heavy atom. The van der Waals surface area contributed by atoms with Gasteiger partial charge in [-0.1, -0.05) is 52.7 Å². The molecule has 0 aliphatic heterocycles. The second kappa shape index (κ2) is 6.81. The number of hydrogen-bond acceptors (Lipinski definition) is 3. The van der Waals surface area contributed by atoms with Crippen LogP contribution in [0.4, 0.5) is 5.69 Å². The lowest BCUT2D eigenvalue weighted by molar-refractivity contribution is 0.597.